The molecule has 2 unspecified atom stereocenters. The standard InChI is InChI=1S/C16H25NO2/c1-12-4-8-16(9-5-12)19-11-15(18)10-17(3)13(2)14-6-7-14/h4-5,8-9,13-15,18H,6-7,10-11H2,1-3H3. The Morgan fingerprint density at radius 3 is 2.53 bits per heavy atom. The predicted molar refractivity (Wildman–Crippen MR) is 77.5 cm³/mol. The van der Waals surface area contributed by atoms with Crippen LogP contribution >= 0.6 is 0 Å². The Bertz CT molecular complexity index is 386. The Hall–Kier alpha value is -1.06. The molecule has 2 atom stereocenters. The van der Waals surface area contributed by atoms with Crippen LogP contribution in [0.3, 0.4) is 0 Å². The zero-order valence-corrected chi connectivity index (χ0v) is 12.2. The molecule has 0 bridgehead atoms. The van der Waals surface area contributed by atoms with Crippen LogP contribution in [0.15, 0.2) is 24.3 Å². The third-order valence-electron chi connectivity index (χ3n) is 3.96. The third kappa shape index (κ3) is 4.51. The minimum absolute atomic E-state index is 0.352. The lowest BCUT2D eigenvalue weighted by atomic mass is 10.2. The number of rotatable bonds is 7. The molecule has 1 aliphatic carbocycles. The van der Waals surface area contributed by atoms with Crippen molar-refractivity contribution >= 4 is 0 Å². The van der Waals surface area contributed by atoms with Gasteiger partial charge in [0.05, 0.1) is 0 Å². The summed E-state index contributed by atoms with van der Waals surface area (Å²) in [4.78, 5) is 2.24. The summed E-state index contributed by atoms with van der Waals surface area (Å²) < 4.78 is 5.60. The van der Waals surface area contributed by atoms with Crippen LogP contribution in [-0.2, 0) is 0 Å². The fraction of sp³-hybridized carbons (Fsp3) is 0.625. The molecule has 1 fully saturated rings. The maximum Gasteiger partial charge on any atom is 0.119 e. The largest absolute Gasteiger partial charge is 0.491 e. The average molecular weight is 263 g/mol. The van der Waals surface area contributed by atoms with E-state index in [-0.39, 0.29) is 0 Å². The minimum Gasteiger partial charge on any atom is -0.491 e. The normalized spacial score (nSPS) is 18.4. The van der Waals surface area contributed by atoms with E-state index >= 15 is 0 Å². The summed E-state index contributed by atoms with van der Waals surface area (Å²) in [5, 5.41) is 10.0. The molecule has 3 nitrogen and oxygen atoms in total. The second-order valence-electron chi connectivity index (χ2n) is 5.80. The Kier molecular flexibility index (Phi) is 4.83. The Balaban J connectivity index is 1.71. The molecule has 106 valence electrons. The summed E-state index contributed by atoms with van der Waals surface area (Å²) in [7, 11) is 2.08. The molecule has 0 aliphatic heterocycles. The fourth-order valence-corrected chi connectivity index (χ4v) is 2.32. The molecule has 1 aliphatic rings. The van der Waals surface area contributed by atoms with E-state index in [4.69, 9.17) is 4.74 Å². The molecule has 0 aromatic heterocycles. The van der Waals surface area contributed by atoms with Crippen molar-refractivity contribution in [2.75, 3.05) is 20.2 Å². The van der Waals surface area contributed by atoms with Crippen molar-refractivity contribution in [3.8, 4) is 5.75 Å². The maximum atomic E-state index is 10.0. The van der Waals surface area contributed by atoms with Gasteiger partial charge >= 0.3 is 0 Å². The maximum absolute atomic E-state index is 10.0. The van der Waals surface area contributed by atoms with Gasteiger partial charge in [0.2, 0.25) is 0 Å². The highest BCUT2D eigenvalue weighted by Gasteiger charge is 2.30. The highest BCUT2D eigenvalue weighted by Crippen LogP contribution is 2.34. The van der Waals surface area contributed by atoms with Crippen LogP contribution in [0.4, 0.5) is 0 Å². The monoisotopic (exact) mass is 263 g/mol. The van der Waals surface area contributed by atoms with Gasteiger partial charge in [0.15, 0.2) is 0 Å². The smallest absolute Gasteiger partial charge is 0.119 e. The predicted octanol–water partition coefficient (Wildman–Crippen LogP) is 2.47. The molecule has 0 spiro atoms. The number of likely N-dealkylation sites (N-methyl/N-ethyl adjacent to an activating group) is 1. The Morgan fingerprint density at radius 1 is 1.32 bits per heavy atom. The zero-order valence-electron chi connectivity index (χ0n) is 12.2. The molecule has 1 saturated carbocycles. The lowest BCUT2D eigenvalue weighted by Crippen LogP contribution is -2.39. The molecule has 1 N–H and O–H groups in total. The minimum atomic E-state index is -0.437. The molecular weight excluding hydrogens is 238 g/mol. The van der Waals surface area contributed by atoms with E-state index in [0.29, 0.717) is 19.2 Å². The van der Waals surface area contributed by atoms with Crippen LogP contribution in [-0.4, -0.2) is 42.4 Å². The van der Waals surface area contributed by atoms with Crippen LogP contribution in [0.1, 0.15) is 25.3 Å². The molecule has 2 rings (SSSR count). The summed E-state index contributed by atoms with van der Waals surface area (Å²) in [5.41, 5.74) is 1.21. The van der Waals surface area contributed by atoms with Crippen molar-refractivity contribution < 1.29 is 9.84 Å². The summed E-state index contributed by atoms with van der Waals surface area (Å²) in [6.07, 6.45) is 2.23. The Morgan fingerprint density at radius 2 is 1.95 bits per heavy atom. The van der Waals surface area contributed by atoms with Crippen molar-refractivity contribution in [3.05, 3.63) is 29.8 Å². The van der Waals surface area contributed by atoms with Gasteiger partial charge in [-0.05, 0) is 51.8 Å². The summed E-state index contributed by atoms with van der Waals surface area (Å²) in [6.45, 7) is 5.31. The van der Waals surface area contributed by atoms with Gasteiger partial charge in [0.1, 0.15) is 18.5 Å². The first kappa shape index (κ1) is 14.4. The van der Waals surface area contributed by atoms with Crippen LogP contribution in [0.2, 0.25) is 0 Å². The first-order valence-corrected chi connectivity index (χ1v) is 7.14. The SMILES string of the molecule is Cc1ccc(OCC(O)CN(C)C(C)C2CC2)cc1. The van der Waals surface area contributed by atoms with Gasteiger partial charge in [-0.3, -0.25) is 0 Å². The average Bonchev–Trinajstić information content (AvgIpc) is 3.21. The van der Waals surface area contributed by atoms with Crippen LogP contribution in [0, 0.1) is 12.8 Å². The fourth-order valence-electron chi connectivity index (χ4n) is 2.32. The van der Waals surface area contributed by atoms with Crippen molar-refractivity contribution in [1.82, 2.24) is 4.90 Å². The van der Waals surface area contributed by atoms with E-state index in [1.165, 1.54) is 18.4 Å². The molecule has 1 aromatic carbocycles. The van der Waals surface area contributed by atoms with Gasteiger partial charge in [0.25, 0.3) is 0 Å². The number of aliphatic hydroxyl groups is 1. The molecular formula is C16H25NO2. The van der Waals surface area contributed by atoms with Crippen molar-refractivity contribution in [2.45, 2.75) is 38.8 Å². The molecule has 3 heteroatoms. The number of hydrogen-bond donors (Lipinski definition) is 1. The molecule has 0 amide bonds. The molecule has 19 heavy (non-hydrogen) atoms. The molecule has 1 aromatic rings. The van der Waals surface area contributed by atoms with Crippen molar-refractivity contribution in [3.63, 3.8) is 0 Å². The van der Waals surface area contributed by atoms with E-state index in [1.807, 2.05) is 31.2 Å². The van der Waals surface area contributed by atoms with Gasteiger partial charge in [0, 0.05) is 12.6 Å². The topological polar surface area (TPSA) is 32.7 Å². The van der Waals surface area contributed by atoms with Gasteiger partial charge in [-0.2, -0.15) is 0 Å². The number of ether oxygens (including phenoxy) is 1. The van der Waals surface area contributed by atoms with E-state index in [2.05, 4.69) is 18.9 Å². The first-order valence-electron chi connectivity index (χ1n) is 7.14. The highest BCUT2D eigenvalue weighted by atomic mass is 16.5. The first-order chi connectivity index (χ1) is 9.06. The highest BCUT2D eigenvalue weighted by molar-refractivity contribution is 5.26. The van der Waals surface area contributed by atoms with E-state index in [9.17, 15) is 5.11 Å². The summed E-state index contributed by atoms with van der Waals surface area (Å²) >= 11 is 0. The molecule has 0 heterocycles. The summed E-state index contributed by atoms with van der Waals surface area (Å²) in [5.74, 6) is 1.65. The van der Waals surface area contributed by atoms with E-state index in [1.54, 1.807) is 0 Å². The van der Waals surface area contributed by atoms with Crippen LogP contribution < -0.4 is 4.74 Å². The van der Waals surface area contributed by atoms with Gasteiger partial charge < -0.3 is 14.7 Å². The lowest BCUT2D eigenvalue weighted by molar-refractivity contribution is 0.0623. The number of aryl methyl sites for hydroxylation is 1. The Labute approximate surface area is 116 Å². The van der Waals surface area contributed by atoms with Crippen molar-refractivity contribution in [1.29, 1.82) is 0 Å². The number of nitrogens with zero attached hydrogens (tertiary/aromatic N) is 1. The lowest BCUT2D eigenvalue weighted by Gasteiger charge is -2.26. The van der Waals surface area contributed by atoms with Gasteiger partial charge in [-0.15, -0.1) is 0 Å². The van der Waals surface area contributed by atoms with Crippen molar-refractivity contribution in [2.24, 2.45) is 5.92 Å². The van der Waals surface area contributed by atoms with Gasteiger partial charge in [-0.25, -0.2) is 0 Å². The second kappa shape index (κ2) is 6.40. The van der Waals surface area contributed by atoms with Crippen LogP contribution in [0.25, 0.3) is 0 Å². The number of benzene rings is 1. The third-order valence-corrected chi connectivity index (χ3v) is 3.96. The van der Waals surface area contributed by atoms with E-state index in [0.717, 1.165) is 11.7 Å². The number of hydrogen-bond acceptors (Lipinski definition) is 3. The summed E-state index contributed by atoms with van der Waals surface area (Å²) in [6, 6.07) is 8.48. The number of aliphatic hydroxyl groups excluding tert-OH is 1. The van der Waals surface area contributed by atoms with E-state index < -0.39 is 6.10 Å². The molecule has 0 saturated heterocycles. The second-order valence-corrected chi connectivity index (χ2v) is 5.80. The molecule has 0 radical (unpaired) electrons. The van der Waals surface area contributed by atoms with Crippen LogP contribution in [0.5, 0.6) is 5.75 Å². The zero-order chi connectivity index (χ0) is 13.8. The quantitative estimate of drug-likeness (QED) is 0.820. The van der Waals surface area contributed by atoms with Gasteiger partial charge in [-0.1, -0.05) is 17.7 Å².